The fourth-order valence-corrected chi connectivity index (χ4v) is 4.14. The van der Waals surface area contributed by atoms with Crippen molar-refractivity contribution in [3.63, 3.8) is 0 Å². The highest BCUT2D eigenvalue weighted by Crippen LogP contribution is 2.38. The van der Waals surface area contributed by atoms with E-state index in [2.05, 4.69) is 5.32 Å². The van der Waals surface area contributed by atoms with E-state index in [4.69, 9.17) is 0 Å². The lowest BCUT2D eigenvalue weighted by atomic mass is 9.84. The second-order valence-corrected chi connectivity index (χ2v) is 8.44. The Morgan fingerprint density at radius 3 is 2.44 bits per heavy atom. The molecule has 4 rings (SSSR count). The van der Waals surface area contributed by atoms with Gasteiger partial charge in [-0.05, 0) is 56.9 Å². The first-order valence-corrected chi connectivity index (χ1v) is 9.92. The van der Waals surface area contributed by atoms with Gasteiger partial charge in [-0.15, -0.1) is 0 Å². The molecule has 0 radical (unpaired) electrons. The molecule has 6 heteroatoms. The molecule has 2 aliphatic heterocycles. The average Bonchev–Trinajstić information content (AvgIpc) is 2.78. The third kappa shape index (κ3) is 3.11. The molecular weight excluding hydrogens is 342 g/mol. The third-order valence-electron chi connectivity index (χ3n) is 6.30. The Morgan fingerprint density at radius 1 is 1.04 bits per heavy atom. The quantitative estimate of drug-likeness (QED) is 0.870. The monoisotopic (exact) mass is 369 g/mol. The lowest BCUT2D eigenvalue weighted by molar-refractivity contribution is -0.138. The first kappa shape index (κ1) is 18.0. The Hall–Kier alpha value is -2.37. The van der Waals surface area contributed by atoms with Crippen LogP contribution < -0.4 is 5.32 Å². The van der Waals surface area contributed by atoms with E-state index in [1.165, 1.54) is 0 Å². The summed E-state index contributed by atoms with van der Waals surface area (Å²) in [6.45, 7) is 6.31. The highest BCUT2D eigenvalue weighted by atomic mass is 16.2. The topological polar surface area (TPSA) is 69.7 Å². The summed E-state index contributed by atoms with van der Waals surface area (Å²) < 4.78 is 0. The number of hydrogen-bond donors (Lipinski definition) is 1. The van der Waals surface area contributed by atoms with Gasteiger partial charge in [-0.2, -0.15) is 0 Å². The molecule has 0 bridgehead atoms. The van der Waals surface area contributed by atoms with Crippen molar-refractivity contribution in [3.8, 4) is 0 Å². The van der Waals surface area contributed by atoms with Gasteiger partial charge < -0.3 is 15.1 Å². The maximum absolute atomic E-state index is 13.0. The maximum atomic E-state index is 13.0. The number of hydrogen-bond acceptors (Lipinski definition) is 3. The van der Waals surface area contributed by atoms with Crippen molar-refractivity contribution in [2.24, 2.45) is 5.92 Å². The largest absolute Gasteiger partial charge is 0.341 e. The summed E-state index contributed by atoms with van der Waals surface area (Å²) in [5, 5.41) is 2.88. The van der Waals surface area contributed by atoms with E-state index < -0.39 is 5.41 Å². The van der Waals surface area contributed by atoms with E-state index in [1.54, 1.807) is 6.07 Å². The van der Waals surface area contributed by atoms with Crippen LogP contribution in [0, 0.1) is 5.92 Å². The van der Waals surface area contributed by atoms with Crippen LogP contribution in [-0.2, 0) is 15.0 Å². The van der Waals surface area contributed by atoms with Crippen LogP contribution in [0.1, 0.15) is 55.5 Å². The third-order valence-corrected chi connectivity index (χ3v) is 6.30. The molecule has 0 atom stereocenters. The maximum Gasteiger partial charge on any atom is 0.253 e. The summed E-state index contributed by atoms with van der Waals surface area (Å²) in [4.78, 5) is 41.4. The Labute approximate surface area is 159 Å². The van der Waals surface area contributed by atoms with Crippen molar-refractivity contribution in [1.29, 1.82) is 0 Å². The Morgan fingerprint density at radius 2 is 1.74 bits per heavy atom. The molecule has 6 nitrogen and oxygen atoms in total. The van der Waals surface area contributed by atoms with Gasteiger partial charge in [0.05, 0.1) is 5.41 Å². The van der Waals surface area contributed by atoms with Gasteiger partial charge >= 0.3 is 0 Å². The molecule has 0 unspecified atom stereocenters. The van der Waals surface area contributed by atoms with E-state index in [1.807, 2.05) is 35.8 Å². The zero-order chi connectivity index (χ0) is 19.2. The fourth-order valence-electron chi connectivity index (χ4n) is 4.14. The number of fused-ring (bicyclic) bond motifs is 1. The van der Waals surface area contributed by atoms with Crippen LogP contribution in [0.25, 0.3) is 0 Å². The van der Waals surface area contributed by atoms with Crippen LogP contribution in [0.4, 0.5) is 5.69 Å². The van der Waals surface area contributed by atoms with E-state index in [0.29, 0.717) is 25.2 Å². The average molecular weight is 369 g/mol. The molecule has 2 heterocycles. The van der Waals surface area contributed by atoms with Crippen LogP contribution in [0.15, 0.2) is 18.2 Å². The van der Waals surface area contributed by atoms with Gasteiger partial charge in [-0.25, -0.2) is 0 Å². The van der Waals surface area contributed by atoms with Crippen molar-refractivity contribution in [3.05, 3.63) is 29.3 Å². The molecule has 1 aromatic carbocycles. The van der Waals surface area contributed by atoms with Gasteiger partial charge in [0.15, 0.2) is 0 Å². The van der Waals surface area contributed by atoms with Crippen LogP contribution in [0.3, 0.4) is 0 Å². The first-order valence-electron chi connectivity index (χ1n) is 9.92. The normalized spacial score (nSPS) is 21.9. The highest BCUT2D eigenvalue weighted by Gasteiger charge is 2.39. The van der Waals surface area contributed by atoms with Crippen LogP contribution in [0.5, 0.6) is 0 Å². The zero-order valence-electron chi connectivity index (χ0n) is 16.1. The molecule has 1 aromatic rings. The zero-order valence-corrected chi connectivity index (χ0v) is 16.1. The number of benzene rings is 1. The Balaban J connectivity index is 1.47. The molecule has 3 aliphatic rings. The lowest BCUT2D eigenvalue weighted by Crippen LogP contribution is -2.41. The second kappa shape index (κ2) is 6.66. The molecule has 3 amide bonds. The first-order chi connectivity index (χ1) is 12.9. The van der Waals surface area contributed by atoms with Crippen LogP contribution in [-0.4, -0.2) is 53.7 Å². The summed E-state index contributed by atoms with van der Waals surface area (Å²) in [5.74, 6) is 0.406. The molecule has 27 heavy (non-hydrogen) atoms. The fraction of sp³-hybridized carbons (Fsp3) is 0.571. The van der Waals surface area contributed by atoms with E-state index >= 15 is 0 Å². The number of nitrogens with one attached hydrogen (secondary N) is 1. The van der Waals surface area contributed by atoms with Crippen LogP contribution >= 0.6 is 0 Å². The van der Waals surface area contributed by atoms with Crippen molar-refractivity contribution in [1.82, 2.24) is 9.80 Å². The SMILES string of the molecule is CC1(C)C(=O)Nc2ccc(C(=O)N3CCCN(C(=O)C4CCC4)CC3)cc21. The van der Waals surface area contributed by atoms with Gasteiger partial charge in [0.25, 0.3) is 5.91 Å². The predicted molar refractivity (Wildman–Crippen MR) is 103 cm³/mol. The number of anilines is 1. The standard InChI is InChI=1S/C21H27N3O3/c1-21(2)16-13-15(7-8-17(16)22-20(21)27)19(26)24-10-4-9-23(11-12-24)18(25)14-5-3-6-14/h7-8,13-14H,3-6,9-12H2,1-2H3,(H,22,27). The predicted octanol–water partition coefficient (Wildman–Crippen LogP) is 2.39. The minimum absolute atomic E-state index is 0.0223. The number of carbonyl (C=O) groups is 3. The summed E-state index contributed by atoms with van der Waals surface area (Å²) in [7, 11) is 0. The molecule has 144 valence electrons. The van der Waals surface area contributed by atoms with E-state index in [9.17, 15) is 14.4 Å². The summed E-state index contributed by atoms with van der Waals surface area (Å²) in [5.41, 5.74) is 1.64. The minimum atomic E-state index is -0.629. The van der Waals surface area contributed by atoms with Crippen molar-refractivity contribution in [2.75, 3.05) is 31.5 Å². The van der Waals surface area contributed by atoms with Crippen molar-refractivity contribution < 1.29 is 14.4 Å². The van der Waals surface area contributed by atoms with Gasteiger partial charge in [0.2, 0.25) is 11.8 Å². The van der Waals surface area contributed by atoms with E-state index in [0.717, 1.165) is 43.5 Å². The molecule has 1 aliphatic carbocycles. The summed E-state index contributed by atoms with van der Waals surface area (Å²) in [6.07, 6.45) is 3.98. The Bertz CT molecular complexity index is 798. The molecule has 1 N–H and O–H groups in total. The number of carbonyl (C=O) groups excluding carboxylic acids is 3. The molecule has 1 saturated carbocycles. The second-order valence-electron chi connectivity index (χ2n) is 8.44. The highest BCUT2D eigenvalue weighted by molar-refractivity contribution is 6.07. The smallest absolute Gasteiger partial charge is 0.253 e. The number of rotatable bonds is 2. The summed E-state index contributed by atoms with van der Waals surface area (Å²) >= 11 is 0. The molecule has 0 aromatic heterocycles. The Kier molecular flexibility index (Phi) is 4.44. The van der Waals surface area contributed by atoms with Gasteiger partial charge in [-0.3, -0.25) is 14.4 Å². The number of nitrogens with zero attached hydrogens (tertiary/aromatic N) is 2. The van der Waals surface area contributed by atoms with Gasteiger partial charge in [0.1, 0.15) is 0 Å². The lowest BCUT2D eigenvalue weighted by Gasteiger charge is -2.31. The van der Waals surface area contributed by atoms with Gasteiger partial charge in [-0.1, -0.05) is 6.42 Å². The van der Waals surface area contributed by atoms with Crippen LogP contribution in [0.2, 0.25) is 0 Å². The summed E-state index contributed by atoms with van der Waals surface area (Å²) in [6, 6.07) is 5.45. The minimum Gasteiger partial charge on any atom is -0.341 e. The van der Waals surface area contributed by atoms with E-state index in [-0.39, 0.29) is 23.6 Å². The van der Waals surface area contributed by atoms with Crippen molar-refractivity contribution >= 4 is 23.4 Å². The molecule has 2 fully saturated rings. The molecular formula is C21H27N3O3. The van der Waals surface area contributed by atoms with Gasteiger partial charge in [0, 0.05) is 43.3 Å². The van der Waals surface area contributed by atoms with Crippen molar-refractivity contribution in [2.45, 2.75) is 44.9 Å². The molecule has 0 spiro atoms. The molecule has 1 saturated heterocycles. The number of amides is 3.